The molecule has 4 unspecified atom stereocenters. The van der Waals surface area contributed by atoms with Gasteiger partial charge >= 0.3 is 0 Å². The lowest BCUT2D eigenvalue weighted by molar-refractivity contribution is 0.0713. The van der Waals surface area contributed by atoms with Gasteiger partial charge in [-0.25, -0.2) is 4.39 Å². The van der Waals surface area contributed by atoms with Gasteiger partial charge < -0.3 is 0 Å². The molecule has 3 aliphatic carbocycles. The Morgan fingerprint density at radius 3 is 2.24 bits per heavy atom. The van der Waals surface area contributed by atoms with Crippen molar-refractivity contribution >= 4 is 0 Å². The molecular weight excluding hydrogens is 355 g/mol. The maximum absolute atomic E-state index is 14.0. The average molecular weight is 397 g/mol. The third-order valence-corrected chi connectivity index (χ3v) is 8.86. The molecule has 160 valence electrons. The zero-order chi connectivity index (χ0) is 20.2. The molecule has 0 N–H and O–H groups in total. The zero-order valence-electron chi connectivity index (χ0n) is 18.7. The molecule has 0 nitrogen and oxygen atoms in total. The molecule has 4 atom stereocenters. The Hall–Kier alpha value is -1.11. The van der Waals surface area contributed by atoms with Crippen molar-refractivity contribution in [1.82, 2.24) is 0 Å². The number of halogens is 1. The third kappa shape index (κ3) is 5.15. The second kappa shape index (κ2) is 9.80. The number of aryl methyl sites for hydroxylation is 1. The van der Waals surface area contributed by atoms with Gasteiger partial charge in [0.25, 0.3) is 0 Å². The molecule has 0 spiro atoms. The van der Waals surface area contributed by atoms with Crippen LogP contribution in [-0.2, 0) is 0 Å². The number of fused-ring (bicyclic) bond motifs is 1. The molecule has 0 aliphatic heterocycles. The minimum absolute atomic E-state index is 0.0188. The summed E-state index contributed by atoms with van der Waals surface area (Å²) in [4.78, 5) is 0. The fourth-order valence-electron chi connectivity index (χ4n) is 6.97. The number of rotatable bonds is 5. The second-order valence-electron chi connectivity index (χ2n) is 10.5. The molecule has 0 bridgehead atoms. The van der Waals surface area contributed by atoms with E-state index >= 15 is 0 Å². The standard InChI is InChI=1S/C28H41F/c1-3-4-5-6-21-8-11-22(12-9-21)23-13-14-25-18-26(16-15-24(25)17-23)27-10-7-20(2)28(29)19-27/h3-4,7,10,19,21-26H,5-6,8-9,11-18H2,1-2H3/b4-3+. The molecular formula is C28H41F. The molecule has 0 aromatic heterocycles. The maximum atomic E-state index is 14.0. The van der Waals surface area contributed by atoms with Crippen molar-refractivity contribution in [3.05, 3.63) is 47.3 Å². The highest BCUT2D eigenvalue weighted by Crippen LogP contribution is 2.51. The molecule has 3 fully saturated rings. The smallest absolute Gasteiger partial charge is 0.126 e. The van der Waals surface area contributed by atoms with Gasteiger partial charge in [-0.05, 0) is 131 Å². The van der Waals surface area contributed by atoms with Crippen LogP contribution in [0.4, 0.5) is 4.39 Å². The van der Waals surface area contributed by atoms with Gasteiger partial charge in [-0.2, -0.15) is 0 Å². The van der Waals surface area contributed by atoms with Crippen molar-refractivity contribution in [2.45, 2.75) is 96.8 Å². The van der Waals surface area contributed by atoms with E-state index in [0.29, 0.717) is 5.92 Å². The quantitative estimate of drug-likeness (QED) is 0.437. The minimum atomic E-state index is -0.0188. The van der Waals surface area contributed by atoms with Crippen LogP contribution < -0.4 is 0 Å². The Balaban J connectivity index is 1.26. The Morgan fingerprint density at radius 2 is 1.52 bits per heavy atom. The van der Waals surface area contributed by atoms with Crippen molar-refractivity contribution in [1.29, 1.82) is 0 Å². The Kier molecular flexibility index (Phi) is 7.14. The summed E-state index contributed by atoms with van der Waals surface area (Å²) in [6.07, 6.45) is 21.5. The lowest BCUT2D eigenvalue weighted by Gasteiger charge is -2.45. The van der Waals surface area contributed by atoms with E-state index < -0.39 is 0 Å². The van der Waals surface area contributed by atoms with E-state index in [1.165, 1.54) is 82.6 Å². The largest absolute Gasteiger partial charge is 0.207 e. The van der Waals surface area contributed by atoms with Crippen LogP contribution in [0.1, 0.15) is 101 Å². The van der Waals surface area contributed by atoms with Crippen LogP contribution in [0.25, 0.3) is 0 Å². The summed E-state index contributed by atoms with van der Waals surface area (Å²) in [7, 11) is 0. The van der Waals surface area contributed by atoms with Gasteiger partial charge in [-0.15, -0.1) is 0 Å². The van der Waals surface area contributed by atoms with Crippen LogP contribution in [0.5, 0.6) is 0 Å². The lowest BCUT2D eigenvalue weighted by atomic mass is 9.60. The molecule has 29 heavy (non-hydrogen) atoms. The van der Waals surface area contributed by atoms with Crippen molar-refractivity contribution < 1.29 is 4.39 Å². The van der Waals surface area contributed by atoms with Gasteiger partial charge in [0.15, 0.2) is 0 Å². The molecule has 0 radical (unpaired) electrons. The van der Waals surface area contributed by atoms with Gasteiger partial charge in [0.1, 0.15) is 5.82 Å². The van der Waals surface area contributed by atoms with Gasteiger partial charge in [0.2, 0.25) is 0 Å². The van der Waals surface area contributed by atoms with Crippen LogP contribution in [0, 0.1) is 42.3 Å². The molecule has 4 rings (SSSR count). The molecule has 0 heterocycles. The van der Waals surface area contributed by atoms with Crippen LogP contribution in [0.2, 0.25) is 0 Å². The number of benzene rings is 1. The van der Waals surface area contributed by atoms with E-state index in [0.717, 1.165) is 35.2 Å². The second-order valence-corrected chi connectivity index (χ2v) is 10.5. The first-order valence-corrected chi connectivity index (χ1v) is 12.5. The van der Waals surface area contributed by atoms with Gasteiger partial charge in [-0.3, -0.25) is 0 Å². The average Bonchev–Trinajstić information content (AvgIpc) is 2.75. The summed E-state index contributed by atoms with van der Waals surface area (Å²) in [5.41, 5.74) is 2.03. The first-order valence-electron chi connectivity index (χ1n) is 12.5. The topological polar surface area (TPSA) is 0 Å². The Morgan fingerprint density at radius 1 is 0.862 bits per heavy atom. The normalized spacial score (nSPS) is 35.6. The van der Waals surface area contributed by atoms with Crippen LogP contribution in [0.15, 0.2) is 30.4 Å². The first kappa shape index (κ1) is 21.1. The number of allylic oxidation sites excluding steroid dienone is 2. The molecule has 1 aromatic carbocycles. The van der Waals surface area contributed by atoms with E-state index in [1.54, 1.807) is 0 Å². The summed E-state index contributed by atoms with van der Waals surface area (Å²) in [5, 5.41) is 0. The fourth-order valence-corrected chi connectivity index (χ4v) is 6.97. The van der Waals surface area contributed by atoms with Crippen molar-refractivity contribution in [3.63, 3.8) is 0 Å². The lowest BCUT2D eigenvalue weighted by Crippen LogP contribution is -2.34. The van der Waals surface area contributed by atoms with Crippen LogP contribution in [-0.4, -0.2) is 0 Å². The molecule has 0 amide bonds. The first-order chi connectivity index (χ1) is 14.1. The summed E-state index contributed by atoms with van der Waals surface area (Å²) in [5.74, 6) is 5.42. The fraction of sp³-hybridized carbons (Fsp3) is 0.714. The monoisotopic (exact) mass is 396 g/mol. The highest BCUT2D eigenvalue weighted by atomic mass is 19.1. The SMILES string of the molecule is C/C=C/CCC1CCC(C2CCC3CC(c4ccc(C)c(F)c4)CCC3C2)CC1. The van der Waals surface area contributed by atoms with E-state index in [2.05, 4.69) is 25.1 Å². The van der Waals surface area contributed by atoms with Gasteiger partial charge in [0.05, 0.1) is 0 Å². The summed E-state index contributed by atoms with van der Waals surface area (Å²) in [6, 6.07) is 5.98. The molecule has 1 heteroatoms. The van der Waals surface area contributed by atoms with Crippen molar-refractivity contribution in [2.24, 2.45) is 29.6 Å². The van der Waals surface area contributed by atoms with Crippen molar-refractivity contribution in [2.75, 3.05) is 0 Å². The molecule has 3 saturated carbocycles. The third-order valence-electron chi connectivity index (χ3n) is 8.86. The van der Waals surface area contributed by atoms with E-state index in [4.69, 9.17) is 0 Å². The highest BCUT2D eigenvalue weighted by Gasteiger charge is 2.39. The van der Waals surface area contributed by atoms with E-state index in [9.17, 15) is 4.39 Å². The predicted octanol–water partition coefficient (Wildman–Crippen LogP) is 8.60. The van der Waals surface area contributed by atoms with Crippen LogP contribution >= 0.6 is 0 Å². The Bertz CT molecular complexity index is 682. The predicted molar refractivity (Wildman–Crippen MR) is 122 cm³/mol. The maximum Gasteiger partial charge on any atom is 0.126 e. The van der Waals surface area contributed by atoms with Gasteiger partial charge in [0, 0.05) is 0 Å². The van der Waals surface area contributed by atoms with Crippen molar-refractivity contribution in [3.8, 4) is 0 Å². The van der Waals surface area contributed by atoms with E-state index in [-0.39, 0.29) is 5.82 Å². The highest BCUT2D eigenvalue weighted by molar-refractivity contribution is 5.26. The molecule has 0 saturated heterocycles. The molecule has 3 aliphatic rings. The summed E-state index contributed by atoms with van der Waals surface area (Å²) >= 11 is 0. The Labute approximate surface area is 178 Å². The minimum Gasteiger partial charge on any atom is -0.207 e. The number of hydrogen-bond donors (Lipinski definition) is 0. The molecule has 1 aromatic rings. The summed E-state index contributed by atoms with van der Waals surface area (Å²) < 4.78 is 14.0. The zero-order valence-corrected chi connectivity index (χ0v) is 18.7. The van der Waals surface area contributed by atoms with Gasteiger partial charge in [-0.1, -0.05) is 37.1 Å². The number of hydrogen-bond acceptors (Lipinski definition) is 0. The van der Waals surface area contributed by atoms with Crippen LogP contribution in [0.3, 0.4) is 0 Å². The summed E-state index contributed by atoms with van der Waals surface area (Å²) in [6.45, 7) is 4.01. The van der Waals surface area contributed by atoms with E-state index in [1.807, 2.05) is 19.1 Å².